The zero-order chi connectivity index (χ0) is 20.7. The molecule has 1 aliphatic heterocycles. The average Bonchev–Trinajstić information content (AvgIpc) is 3.18. The maximum absolute atomic E-state index is 13.5. The van der Waals surface area contributed by atoms with Crippen molar-refractivity contribution in [3.63, 3.8) is 0 Å². The highest BCUT2D eigenvalue weighted by Crippen LogP contribution is 2.39. The summed E-state index contributed by atoms with van der Waals surface area (Å²) < 4.78 is 28.5. The summed E-state index contributed by atoms with van der Waals surface area (Å²) in [6.45, 7) is 0.170. The molecule has 0 bridgehead atoms. The molecule has 0 aliphatic carbocycles. The van der Waals surface area contributed by atoms with E-state index in [0.29, 0.717) is 12.0 Å². The van der Waals surface area contributed by atoms with Crippen LogP contribution in [0.2, 0.25) is 0 Å². The molecule has 30 heavy (non-hydrogen) atoms. The molecule has 0 radical (unpaired) electrons. The zero-order valence-electron chi connectivity index (χ0n) is 16.1. The average molecular weight is 420 g/mol. The second kappa shape index (κ2) is 7.36. The van der Waals surface area contributed by atoms with Crippen LogP contribution in [0.5, 0.6) is 0 Å². The number of fused-ring (bicyclic) bond motifs is 2. The van der Waals surface area contributed by atoms with E-state index in [1.165, 1.54) is 4.31 Å². The van der Waals surface area contributed by atoms with Gasteiger partial charge in [0.2, 0.25) is 10.0 Å². The van der Waals surface area contributed by atoms with Crippen molar-refractivity contribution in [3.8, 4) is 0 Å². The van der Waals surface area contributed by atoms with Crippen molar-refractivity contribution in [1.29, 1.82) is 0 Å². The largest absolute Gasteiger partial charge is 0.387 e. The molecule has 4 aromatic rings. The topological polar surface area (TPSA) is 86.3 Å². The minimum absolute atomic E-state index is 0.168. The summed E-state index contributed by atoms with van der Waals surface area (Å²) in [6, 6.07) is 17.6. The number of aromatic amines is 1. The molecule has 1 aliphatic rings. The van der Waals surface area contributed by atoms with Gasteiger partial charge in [-0.15, -0.1) is 0 Å². The third kappa shape index (κ3) is 3.11. The van der Waals surface area contributed by atoms with Crippen LogP contribution in [0, 0.1) is 0 Å². The summed E-state index contributed by atoms with van der Waals surface area (Å²) in [5, 5.41) is 12.3. The first-order valence-electron chi connectivity index (χ1n) is 9.78. The Morgan fingerprint density at radius 1 is 1.00 bits per heavy atom. The standard InChI is InChI=1S/C23H21N3O3S/c27-23-19-6-2-4-8-22(19)30(28,29)26(15-16-9-11-24-12-10-16)21(23)13-17-14-25-20-7-3-1-5-18(17)20/h1-12,14,21,23,25,27H,13,15H2. The highest BCUT2D eigenvalue weighted by Gasteiger charge is 2.43. The first-order chi connectivity index (χ1) is 14.6. The van der Waals surface area contributed by atoms with E-state index in [1.807, 2.05) is 30.5 Å². The van der Waals surface area contributed by atoms with Crippen molar-refractivity contribution in [1.82, 2.24) is 14.3 Å². The summed E-state index contributed by atoms with van der Waals surface area (Å²) in [5.41, 5.74) is 3.24. The van der Waals surface area contributed by atoms with E-state index in [2.05, 4.69) is 9.97 Å². The third-order valence-corrected chi connectivity index (χ3v) is 7.70. The lowest BCUT2D eigenvalue weighted by Crippen LogP contribution is -2.48. The predicted molar refractivity (Wildman–Crippen MR) is 114 cm³/mol. The van der Waals surface area contributed by atoms with Gasteiger partial charge < -0.3 is 10.1 Å². The number of hydrogen-bond acceptors (Lipinski definition) is 4. The highest BCUT2D eigenvalue weighted by molar-refractivity contribution is 7.89. The van der Waals surface area contributed by atoms with Gasteiger partial charge in [-0.25, -0.2) is 8.42 Å². The smallest absolute Gasteiger partial charge is 0.244 e. The van der Waals surface area contributed by atoms with Gasteiger partial charge in [-0.2, -0.15) is 4.31 Å². The Bertz CT molecular complexity index is 1300. The zero-order valence-corrected chi connectivity index (χ0v) is 17.0. The lowest BCUT2D eigenvalue weighted by atomic mass is 9.95. The summed E-state index contributed by atoms with van der Waals surface area (Å²) >= 11 is 0. The number of rotatable bonds is 4. The number of hydrogen-bond donors (Lipinski definition) is 2. The Morgan fingerprint density at radius 3 is 2.57 bits per heavy atom. The maximum atomic E-state index is 13.5. The Kier molecular flexibility index (Phi) is 4.66. The number of aliphatic hydroxyl groups excluding tert-OH is 1. The first-order valence-corrected chi connectivity index (χ1v) is 11.2. The quantitative estimate of drug-likeness (QED) is 0.531. The number of sulfonamides is 1. The molecule has 2 aromatic heterocycles. The van der Waals surface area contributed by atoms with Crippen LogP contribution in [0.25, 0.3) is 10.9 Å². The minimum Gasteiger partial charge on any atom is -0.387 e. The number of para-hydroxylation sites is 1. The lowest BCUT2D eigenvalue weighted by molar-refractivity contribution is 0.0771. The molecule has 7 heteroatoms. The van der Waals surface area contributed by atoms with E-state index < -0.39 is 22.2 Å². The molecule has 152 valence electrons. The van der Waals surface area contributed by atoms with E-state index in [1.54, 1.807) is 48.8 Å². The Morgan fingerprint density at radius 2 is 1.73 bits per heavy atom. The van der Waals surface area contributed by atoms with Gasteiger partial charge in [0.25, 0.3) is 0 Å². The Labute approximate surface area is 174 Å². The van der Waals surface area contributed by atoms with Crippen molar-refractivity contribution in [3.05, 3.63) is 95.9 Å². The van der Waals surface area contributed by atoms with E-state index in [9.17, 15) is 13.5 Å². The fourth-order valence-electron chi connectivity index (χ4n) is 4.24. The summed E-state index contributed by atoms with van der Waals surface area (Å²) in [6.07, 6.45) is 4.65. The first kappa shape index (κ1) is 19.0. The lowest BCUT2D eigenvalue weighted by Gasteiger charge is -2.39. The molecule has 0 amide bonds. The van der Waals surface area contributed by atoms with Gasteiger partial charge in [0.1, 0.15) is 0 Å². The molecule has 2 aromatic carbocycles. The Hall–Kier alpha value is -3.00. The molecule has 5 rings (SSSR count). The van der Waals surface area contributed by atoms with Gasteiger partial charge in [-0.1, -0.05) is 36.4 Å². The van der Waals surface area contributed by atoms with Gasteiger partial charge in [-0.3, -0.25) is 4.98 Å². The molecule has 2 atom stereocenters. The van der Waals surface area contributed by atoms with Crippen LogP contribution < -0.4 is 0 Å². The van der Waals surface area contributed by atoms with E-state index in [-0.39, 0.29) is 11.4 Å². The Balaban J connectivity index is 1.62. The molecule has 0 saturated carbocycles. The number of nitrogens with zero attached hydrogens (tertiary/aromatic N) is 2. The fourth-order valence-corrected chi connectivity index (χ4v) is 6.09. The van der Waals surface area contributed by atoms with Crippen LogP contribution in [0.15, 0.2) is 84.1 Å². The van der Waals surface area contributed by atoms with Crippen molar-refractivity contribution < 1.29 is 13.5 Å². The number of benzene rings is 2. The van der Waals surface area contributed by atoms with Gasteiger partial charge in [0.15, 0.2) is 0 Å². The van der Waals surface area contributed by atoms with Crippen LogP contribution >= 0.6 is 0 Å². The van der Waals surface area contributed by atoms with Crippen molar-refractivity contribution in [2.75, 3.05) is 0 Å². The third-order valence-electron chi connectivity index (χ3n) is 5.75. The summed E-state index contributed by atoms with van der Waals surface area (Å²) in [5.74, 6) is 0. The fraction of sp³-hybridized carbons (Fsp3) is 0.174. The molecule has 2 N–H and O–H groups in total. The van der Waals surface area contributed by atoms with Crippen LogP contribution in [0.3, 0.4) is 0 Å². The van der Waals surface area contributed by atoms with E-state index in [0.717, 1.165) is 22.0 Å². The molecule has 0 spiro atoms. The number of aromatic nitrogens is 2. The maximum Gasteiger partial charge on any atom is 0.244 e. The molecule has 0 saturated heterocycles. The van der Waals surface area contributed by atoms with E-state index in [4.69, 9.17) is 0 Å². The van der Waals surface area contributed by atoms with Crippen LogP contribution in [0.1, 0.15) is 22.8 Å². The molecular formula is C23H21N3O3S. The second-order valence-corrected chi connectivity index (χ2v) is 9.38. The van der Waals surface area contributed by atoms with Crippen LogP contribution in [0.4, 0.5) is 0 Å². The SMILES string of the molecule is O=S1(=O)c2ccccc2C(O)C(Cc2c[nH]c3ccccc23)N1Cc1ccncc1. The number of aliphatic hydroxyl groups is 1. The normalized spacial score (nSPS) is 20.8. The summed E-state index contributed by atoms with van der Waals surface area (Å²) in [7, 11) is -3.78. The molecule has 0 fully saturated rings. The molecule has 3 heterocycles. The van der Waals surface area contributed by atoms with Gasteiger partial charge in [0, 0.05) is 41.6 Å². The van der Waals surface area contributed by atoms with Crippen LogP contribution in [-0.4, -0.2) is 33.8 Å². The number of pyridine rings is 1. The minimum atomic E-state index is -3.78. The van der Waals surface area contributed by atoms with Crippen molar-refractivity contribution in [2.24, 2.45) is 0 Å². The van der Waals surface area contributed by atoms with Gasteiger partial charge in [-0.05, 0) is 41.8 Å². The monoisotopic (exact) mass is 419 g/mol. The van der Waals surface area contributed by atoms with Crippen LogP contribution in [-0.2, 0) is 23.0 Å². The summed E-state index contributed by atoms with van der Waals surface area (Å²) in [4.78, 5) is 7.43. The molecule has 2 unspecified atom stereocenters. The molecule has 6 nitrogen and oxygen atoms in total. The van der Waals surface area contributed by atoms with Crippen molar-refractivity contribution >= 4 is 20.9 Å². The highest BCUT2D eigenvalue weighted by atomic mass is 32.2. The van der Waals surface area contributed by atoms with Crippen molar-refractivity contribution in [2.45, 2.75) is 30.0 Å². The number of H-pyrrole nitrogens is 1. The van der Waals surface area contributed by atoms with Gasteiger partial charge >= 0.3 is 0 Å². The van der Waals surface area contributed by atoms with E-state index >= 15 is 0 Å². The number of nitrogens with one attached hydrogen (secondary N) is 1. The molecular weight excluding hydrogens is 398 g/mol. The van der Waals surface area contributed by atoms with Gasteiger partial charge in [0.05, 0.1) is 17.0 Å². The predicted octanol–water partition coefficient (Wildman–Crippen LogP) is 3.41. The second-order valence-electron chi connectivity index (χ2n) is 7.52.